The molecule has 0 rings (SSSR count). The summed E-state index contributed by atoms with van der Waals surface area (Å²) in [6, 6.07) is -1.37. The molecule has 0 aromatic rings. The minimum Gasteiger partial charge on any atom is -0.479 e. The van der Waals surface area contributed by atoms with Crippen LogP contribution >= 0.6 is 0 Å². The van der Waals surface area contributed by atoms with Crippen LogP contribution in [0, 0.1) is 0 Å². The lowest BCUT2D eigenvalue weighted by atomic mass is 10.0. The van der Waals surface area contributed by atoms with Gasteiger partial charge >= 0.3 is 5.97 Å². The molecule has 9 nitrogen and oxygen atoms in total. The minimum absolute atomic E-state index is 0.244. The molecule has 0 spiro atoms. The topological polar surface area (TPSA) is 153 Å². The van der Waals surface area contributed by atoms with Gasteiger partial charge in [-0.25, -0.2) is 4.79 Å². The number of aliphatic hydroxyl groups excluding tert-OH is 3. The van der Waals surface area contributed by atoms with Crippen molar-refractivity contribution in [3.05, 3.63) is 0 Å². The molecule has 0 aliphatic carbocycles. The molecule has 0 aromatic carbocycles. The second-order valence-corrected chi connectivity index (χ2v) is 4.18. The third kappa shape index (κ3) is 5.61. The van der Waals surface area contributed by atoms with Crippen molar-refractivity contribution in [1.82, 2.24) is 5.32 Å². The van der Waals surface area contributed by atoms with Gasteiger partial charge in [0.25, 0.3) is 0 Å². The van der Waals surface area contributed by atoms with E-state index in [4.69, 9.17) is 14.9 Å². The standard InChI is InChI=1S/C11H19NO8/c1-5(11(18)19)20-10(9(17)8(16)4-14)7(3-13)12-6(2)15/h3,5,7-10,14,16-17H,4H2,1-2H3,(H,12,15)(H,18,19)/t5-,7-,8-,9-,10-/m1/s1. The molecule has 116 valence electrons. The molecule has 9 heteroatoms. The van der Waals surface area contributed by atoms with Gasteiger partial charge in [-0.3, -0.25) is 4.79 Å². The van der Waals surface area contributed by atoms with Crippen LogP contribution < -0.4 is 5.32 Å². The quantitative estimate of drug-likeness (QED) is 0.287. The van der Waals surface area contributed by atoms with Crippen molar-refractivity contribution in [1.29, 1.82) is 0 Å². The van der Waals surface area contributed by atoms with Crippen molar-refractivity contribution in [2.45, 2.75) is 44.3 Å². The van der Waals surface area contributed by atoms with E-state index in [2.05, 4.69) is 5.32 Å². The van der Waals surface area contributed by atoms with E-state index in [0.29, 0.717) is 0 Å². The second-order valence-electron chi connectivity index (χ2n) is 4.18. The normalized spacial score (nSPS) is 18.4. The second kappa shape index (κ2) is 8.59. The van der Waals surface area contributed by atoms with E-state index in [1.807, 2.05) is 0 Å². The fourth-order valence-corrected chi connectivity index (χ4v) is 1.43. The highest BCUT2D eigenvalue weighted by Crippen LogP contribution is 2.12. The number of rotatable bonds is 9. The van der Waals surface area contributed by atoms with E-state index in [1.165, 1.54) is 0 Å². The van der Waals surface area contributed by atoms with Crippen molar-refractivity contribution < 1.29 is 39.5 Å². The molecule has 5 N–H and O–H groups in total. The van der Waals surface area contributed by atoms with Crippen LogP contribution in [0.2, 0.25) is 0 Å². The van der Waals surface area contributed by atoms with Crippen LogP contribution in [0.1, 0.15) is 13.8 Å². The molecule has 0 unspecified atom stereocenters. The first-order valence-corrected chi connectivity index (χ1v) is 5.82. The Bertz CT molecular complexity index is 347. The zero-order chi connectivity index (χ0) is 15.9. The first-order valence-electron chi connectivity index (χ1n) is 5.82. The number of hydrogen-bond donors (Lipinski definition) is 5. The van der Waals surface area contributed by atoms with E-state index in [-0.39, 0.29) is 6.29 Å². The van der Waals surface area contributed by atoms with Crippen molar-refractivity contribution in [3.8, 4) is 0 Å². The Morgan fingerprint density at radius 1 is 1.35 bits per heavy atom. The lowest BCUT2D eigenvalue weighted by Crippen LogP contribution is -2.55. The summed E-state index contributed by atoms with van der Waals surface area (Å²) in [5, 5.41) is 38.8. The van der Waals surface area contributed by atoms with Crippen LogP contribution in [0.4, 0.5) is 0 Å². The Labute approximate surface area is 115 Å². The smallest absolute Gasteiger partial charge is 0.332 e. The van der Waals surface area contributed by atoms with Gasteiger partial charge in [0.1, 0.15) is 30.6 Å². The first-order chi connectivity index (χ1) is 9.24. The average molecular weight is 293 g/mol. The fraction of sp³-hybridized carbons (Fsp3) is 0.727. The zero-order valence-corrected chi connectivity index (χ0v) is 11.1. The molecular weight excluding hydrogens is 274 g/mol. The van der Waals surface area contributed by atoms with Crippen LogP contribution in [0.3, 0.4) is 0 Å². The van der Waals surface area contributed by atoms with Gasteiger partial charge in [-0.2, -0.15) is 0 Å². The van der Waals surface area contributed by atoms with Gasteiger partial charge < -0.3 is 35.3 Å². The number of amides is 1. The van der Waals surface area contributed by atoms with Gasteiger partial charge in [-0.15, -0.1) is 0 Å². The Balaban J connectivity index is 5.15. The monoisotopic (exact) mass is 293 g/mol. The third-order valence-corrected chi connectivity index (χ3v) is 2.50. The van der Waals surface area contributed by atoms with Gasteiger partial charge in [-0.05, 0) is 6.92 Å². The molecule has 0 aliphatic heterocycles. The fourth-order valence-electron chi connectivity index (χ4n) is 1.43. The minimum atomic E-state index is -1.76. The maximum Gasteiger partial charge on any atom is 0.332 e. The third-order valence-electron chi connectivity index (χ3n) is 2.50. The number of nitrogens with one attached hydrogen (secondary N) is 1. The number of carboxylic acid groups (broad SMARTS) is 1. The van der Waals surface area contributed by atoms with Crippen LogP contribution in [0.25, 0.3) is 0 Å². The van der Waals surface area contributed by atoms with Crippen LogP contribution in [-0.4, -0.2) is 75.7 Å². The van der Waals surface area contributed by atoms with Crippen LogP contribution in [-0.2, 0) is 19.1 Å². The molecule has 1 amide bonds. The highest BCUT2D eigenvalue weighted by atomic mass is 16.5. The predicted octanol–water partition coefficient (Wildman–Crippen LogP) is -2.74. The average Bonchev–Trinajstić information content (AvgIpc) is 2.39. The van der Waals surface area contributed by atoms with Crippen molar-refractivity contribution >= 4 is 18.2 Å². The number of aliphatic hydroxyl groups is 3. The number of aliphatic carboxylic acids is 1. The predicted molar refractivity (Wildman–Crippen MR) is 64.7 cm³/mol. The van der Waals surface area contributed by atoms with Crippen LogP contribution in [0.15, 0.2) is 0 Å². The summed E-state index contributed by atoms with van der Waals surface area (Å²) >= 11 is 0. The first kappa shape index (κ1) is 18.4. The largest absolute Gasteiger partial charge is 0.479 e. The summed E-state index contributed by atoms with van der Waals surface area (Å²) in [6.07, 6.45) is -6.09. The molecular formula is C11H19NO8. The number of ether oxygens (including phenoxy) is 1. The highest BCUT2D eigenvalue weighted by Gasteiger charge is 2.36. The van der Waals surface area contributed by atoms with Crippen molar-refractivity contribution in [2.24, 2.45) is 0 Å². The van der Waals surface area contributed by atoms with Gasteiger partial charge in [0.15, 0.2) is 6.10 Å². The number of aldehydes is 1. The zero-order valence-electron chi connectivity index (χ0n) is 11.1. The number of carbonyl (C=O) groups is 3. The summed E-state index contributed by atoms with van der Waals surface area (Å²) in [5.41, 5.74) is 0. The number of carboxylic acids is 1. The molecule has 0 aliphatic rings. The lowest BCUT2D eigenvalue weighted by Gasteiger charge is -2.31. The lowest BCUT2D eigenvalue weighted by molar-refractivity contribution is -0.168. The molecule has 0 bridgehead atoms. The maximum atomic E-state index is 11.0. The highest BCUT2D eigenvalue weighted by molar-refractivity contribution is 5.77. The summed E-state index contributed by atoms with van der Waals surface area (Å²) in [7, 11) is 0. The number of carbonyl (C=O) groups excluding carboxylic acids is 2. The van der Waals surface area contributed by atoms with Gasteiger partial charge in [0, 0.05) is 6.92 Å². The van der Waals surface area contributed by atoms with E-state index < -0.39 is 48.9 Å². The summed E-state index contributed by atoms with van der Waals surface area (Å²) < 4.78 is 4.98. The van der Waals surface area contributed by atoms with E-state index in [1.54, 1.807) is 0 Å². The van der Waals surface area contributed by atoms with Crippen LogP contribution in [0.5, 0.6) is 0 Å². The van der Waals surface area contributed by atoms with Crippen molar-refractivity contribution in [2.75, 3.05) is 6.61 Å². The molecule has 0 radical (unpaired) electrons. The van der Waals surface area contributed by atoms with Crippen molar-refractivity contribution in [3.63, 3.8) is 0 Å². The van der Waals surface area contributed by atoms with Gasteiger partial charge in [0.05, 0.1) is 6.61 Å². The molecule has 20 heavy (non-hydrogen) atoms. The van der Waals surface area contributed by atoms with E-state index >= 15 is 0 Å². The summed E-state index contributed by atoms with van der Waals surface area (Å²) in [5.74, 6) is -1.96. The molecule has 0 fully saturated rings. The van der Waals surface area contributed by atoms with E-state index in [0.717, 1.165) is 13.8 Å². The number of hydrogen-bond acceptors (Lipinski definition) is 7. The SMILES string of the molecule is CC(=O)N[C@H](C=O)[C@@H](O[C@H](C)C(=O)O)[C@H](O)[C@H](O)CO. The molecule has 0 saturated heterocycles. The Kier molecular flexibility index (Phi) is 7.92. The Hall–Kier alpha value is -1.55. The summed E-state index contributed by atoms with van der Waals surface area (Å²) in [6.45, 7) is 1.44. The molecule has 0 saturated carbocycles. The Morgan fingerprint density at radius 2 is 1.90 bits per heavy atom. The molecule has 0 aromatic heterocycles. The molecule has 5 atom stereocenters. The maximum absolute atomic E-state index is 11.0. The van der Waals surface area contributed by atoms with Gasteiger partial charge in [0.2, 0.25) is 5.91 Å². The summed E-state index contributed by atoms with van der Waals surface area (Å²) in [4.78, 5) is 32.7. The molecule has 0 heterocycles. The van der Waals surface area contributed by atoms with E-state index in [9.17, 15) is 24.6 Å². The van der Waals surface area contributed by atoms with Gasteiger partial charge in [-0.1, -0.05) is 0 Å². The Morgan fingerprint density at radius 3 is 2.25 bits per heavy atom.